The van der Waals surface area contributed by atoms with E-state index in [9.17, 15) is 18.0 Å². The number of nitrogens with one attached hydrogen (secondary N) is 2. The minimum Gasteiger partial charge on any atom is -0.444 e. The monoisotopic (exact) mass is 628 g/mol. The first-order chi connectivity index (χ1) is 18.6. The summed E-state index contributed by atoms with van der Waals surface area (Å²) in [7, 11) is -3.47. The lowest BCUT2D eigenvalue weighted by Crippen LogP contribution is -2.46. The fourth-order valence-electron chi connectivity index (χ4n) is 2.79. The van der Waals surface area contributed by atoms with Gasteiger partial charge in [-0.25, -0.2) is 9.59 Å². The molecular formula is C27H52N2O12S. The third-order valence-electron chi connectivity index (χ3n) is 4.59. The summed E-state index contributed by atoms with van der Waals surface area (Å²) >= 11 is 0. The van der Waals surface area contributed by atoms with Gasteiger partial charge < -0.3 is 25.2 Å². The Kier molecular flexibility index (Phi) is 23.0. The quantitative estimate of drug-likeness (QED) is 0.330. The minimum absolute atomic E-state index is 0.0244. The fourth-order valence-corrected chi connectivity index (χ4v) is 3.19. The van der Waals surface area contributed by atoms with Gasteiger partial charge >= 0.3 is 24.5 Å². The van der Waals surface area contributed by atoms with Gasteiger partial charge in [0.25, 0.3) is 10.1 Å². The first kappa shape index (κ1) is 46.1. The van der Waals surface area contributed by atoms with Gasteiger partial charge in [-0.05, 0) is 65.2 Å². The number of hydrogen-bond donors (Lipinski definition) is 3. The van der Waals surface area contributed by atoms with Crippen LogP contribution >= 0.6 is 0 Å². The highest BCUT2D eigenvalue weighted by atomic mass is 32.2. The van der Waals surface area contributed by atoms with Crippen LogP contribution in [0.4, 0.5) is 9.59 Å². The number of ether oxygens (including phenoxy) is 2. The van der Waals surface area contributed by atoms with Crippen LogP contribution in [-0.2, 0) is 43.0 Å². The second kappa shape index (κ2) is 21.0. The van der Waals surface area contributed by atoms with Crippen LogP contribution in [0.3, 0.4) is 0 Å². The van der Waals surface area contributed by atoms with Crippen LogP contribution in [0.5, 0.6) is 0 Å². The Morgan fingerprint density at radius 1 is 0.690 bits per heavy atom. The molecule has 0 radical (unpaired) electrons. The molecule has 14 nitrogen and oxygen atoms in total. The van der Waals surface area contributed by atoms with Crippen molar-refractivity contribution in [3.63, 3.8) is 0 Å². The van der Waals surface area contributed by atoms with E-state index in [1.807, 2.05) is 62.3 Å². The summed E-state index contributed by atoms with van der Waals surface area (Å²) in [6.45, 7) is 22.8. The van der Waals surface area contributed by atoms with Crippen LogP contribution in [0.15, 0.2) is 0 Å². The van der Waals surface area contributed by atoms with E-state index in [1.165, 1.54) is 0 Å². The molecule has 0 aromatic carbocycles. The Balaban J connectivity index is -0.000000293. The van der Waals surface area contributed by atoms with E-state index in [2.05, 4.69) is 10.6 Å². The molecule has 0 aliphatic heterocycles. The fraction of sp³-hybridized carbons (Fsp3) is 0.852. The summed E-state index contributed by atoms with van der Waals surface area (Å²) in [5.41, 5.74) is -1.40. The zero-order chi connectivity index (χ0) is 34.6. The summed E-state index contributed by atoms with van der Waals surface area (Å²) in [5, 5.41) is 14.5. The van der Waals surface area contributed by atoms with Gasteiger partial charge in [0.05, 0.1) is 12.9 Å². The van der Waals surface area contributed by atoms with Gasteiger partial charge in [-0.3, -0.25) is 4.18 Å². The highest BCUT2D eigenvalue weighted by molar-refractivity contribution is 7.85. The molecule has 2 atom stereocenters. The van der Waals surface area contributed by atoms with E-state index in [4.69, 9.17) is 37.9 Å². The Labute approximate surface area is 250 Å². The number of carbonyl (C=O) groups is 2. The van der Waals surface area contributed by atoms with Crippen molar-refractivity contribution < 1.29 is 55.9 Å². The van der Waals surface area contributed by atoms with Gasteiger partial charge in [-0.2, -0.15) is 27.6 Å². The molecule has 0 aliphatic carbocycles. The third-order valence-corrected chi connectivity index (χ3v) is 5.19. The molecule has 0 fully saturated rings. The van der Waals surface area contributed by atoms with Gasteiger partial charge in [0.2, 0.25) is 0 Å². The second-order valence-corrected chi connectivity index (χ2v) is 14.8. The van der Waals surface area contributed by atoms with E-state index in [1.54, 1.807) is 20.8 Å². The number of hydrogen-bond acceptors (Lipinski definition) is 12. The maximum atomic E-state index is 11.8. The zero-order valence-corrected chi connectivity index (χ0v) is 28.1. The van der Waals surface area contributed by atoms with Crippen LogP contribution < -0.4 is 10.6 Å². The summed E-state index contributed by atoms with van der Waals surface area (Å²) < 4.78 is 37.0. The highest BCUT2D eigenvalue weighted by Gasteiger charge is 2.29. The number of aliphatic hydroxyl groups excluding tert-OH is 1. The molecular weight excluding hydrogens is 576 g/mol. The molecule has 0 heterocycles. The number of amides is 2. The number of rotatable bonds is 8. The van der Waals surface area contributed by atoms with E-state index in [0.717, 1.165) is 6.26 Å². The molecule has 2 unspecified atom stereocenters. The van der Waals surface area contributed by atoms with Gasteiger partial charge in [0.1, 0.15) is 11.2 Å². The maximum Gasteiger partial charge on any atom is 0.407 e. The van der Waals surface area contributed by atoms with Crippen LogP contribution in [0, 0.1) is 10.8 Å². The predicted molar refractivity (Wildman–Crippen MR) is 152 cm³/mol. The van der Waals surface area contributed by atoms with E-state index in [-0.39, 0.29) is 48.4 Å². The van der Waals surface area contributed by atoms with Crippen LogP contribution in [0.2, 0.25) is 0 Å². The molecule has 42 heavy (non-hydrogen) atoms. The topological polar surface area (TPSA) is 209 Å². The second-order valence-electron chi connectivity index (χ2n) is 13.1. The predicted octanol–water partition coefficient (Wildman–Crippen LogP) is 3.43. The molecule has 0 rings (SSSR count). The summed E-state index contributed by atoms with van der Waals surface area (Å²) in [4.78, 5) is 55.9. The average molecular weight is 629 g/mol. The number of aliphatic hydroxyl groups is 1. The number of carbonyl (C=O) groups excluding carboxylic acids is 6. The first-order valence-electron chi connectivity index (χ1n) is 13.0. The van der Waals surface area contributed by atoms with Crippen LogP contribution in [-0.4, -0.2) is 80.8 Å². The lowest BCUT2D eigenvalue weighted by Gasteiger charge is -2.32. The average Bonchev–Trinajstić information content (AvgIpc) is 2.69. The molecule has 248 valence electrons. The van der Waals surface area contributed by atoms with Crippen molar-refractivity contribution in [1.29, 1.82) is 0 Å². The van der Waals surface area contributed by atoms with E-state index >= 15 is 0 Å². The normalized spacial score (nSPS) is 12.9. The SMILES string of the molecule is CC(C)(C)OC(=O)NC(CCO)C(C)(C)C.CC(C)(C)OC(=O)NC(CCOS(C)(=O)=O)C(C)(C)C.O=C=O.O=C=O. The molecule has 0 aliphatic rings. The minimum atomic E-state index is -3.47. The lowest BCUT2D eigenvalue weighted by atomic mass is 9.85. The molecule has 0 aromatic rings. The molecule has 0 saturated heterocycles. The van der Waals surface area contributed by atoms with Crippen LogP contribution in [0.25, 0.3) is 0 Å². The van der Waals surface area contributed by atoms with Crippen molar-refractivity contribution in [1.82, 2.24) is 10.6 Å². The first-order valence-corrected chi connectivity index (χ1v) is 14.8. The number of alkyl carbamates (subject to hydrolysis) is 2. The van der Waals surface area contributed by atoms with Gasteiger partial charge in [0.15, 0.2) is 0 Å². The summed E-state index contributed by atoms with van der Waals surface area (Å²) in [5.74, 6) is 0. The third kappa shape index (κ3) is 35.2. The van der Waals surface area contributed by atoms with Crippen LogP contribution in [0.1, 0.15) is 95.9 Å². The smallest absolute Gasteiger partial charge is 0.407 e. The standard InChI is InChI=1S/C13H27NO5S.C12H25NO3.2CO2/c1-12(2,3)10(8-9-18-20(7,16)17)14-11(15)19-13(4,5)6;1-11(2,3)9(7-8-14)13-10(15)16-12(4,5)6;2*2-1-3/h10H,8-9H2,1-7H3,(H,14,15);9,14H,7-8H2,1-6H3,(H,13,15);;. The molecule has 0 aromatic heterocycles. The molecule has 0 spiro atoms. The maximum absolute atomic E-state index is 11.8. The highest BCUT2D eigenvalue weighted by Crippen LogP contribution is 2.23. The summed E-state index contributed by atoms with van der Waals surface area (Å²) in [6.07, 6.45) is 1.47. The van der Waals surface area contributed by atoms with Crippen molar-refractivity contribution in [2.75, 3.05) is 19.5 Å². The van der Waals surface area contributed by atoms with Gasteiger partial charge in [-0.15, -0.1) is 0 Å². The Morgan fingerprint density at radius 2 is 0.976 bits per heavy atom. The van der Waals surface area contributed by atoms with Crippen molar-refractivity contribution in [2.45, 2.75) is 119 Å². The lowest BCUT2D eigenvalue weighted by molar-refractivity contribution is -0.193. The molecule has 3 N–H and O–H groups in total. The molecule has 2 amide bonds. The Morgan fingerprint density at radius 3 is 1.19 bits per heavy atom. The Hall–Kier alpha value is -2.83. The Bertz CT molecular complexity index is 930. The summed E-state index contributed by atoms with van der Waals surface area (Å²) in [6, 6.07) is -0.341. The molecule has 0 bridgehead atoms. The van der Waals surface area contributed by atoms with Crippen molar-refractivity contribution >= 4 is 34.6 Å². The molecule has 15 heteroatoms. The van der Waals surface area contributed by atoms with Crippen molar-refractivity contribution in [3.8, 4) is 0 Å². The zero-order valence-electron chi connectivity index (χ0n) is 27.3. The van der Waals surface area contributed by atoms with E-state index in [0.29, 0.717) is 12.8 Å². The van der Waals surface area contributed by atoms with Gasteiger partial charge in [-0.1, -0.05) is 41.5 Å². The van der Waals surface area contributed by atoms with Gasteiger partial charge in [0, 0.05) is 18.7 Å². The van der Waals surface area contributed by atoms with Crippen molar-refractivity contribution in [2.24, 2.45) is 10.8 Å². The largest absolute Gasteiger partial charge is 0.444 e. The van der Waals surface area contributed by atoms with Crippen molar-refractivity contribution in [3.05, 3.63) is 0 Å². The van der Waals surface area contributed by atoms with E-state index < -0.39 is 33.5 Å². The molecule has 0 saturated carbocycles.